The van der Waals surface area contributed by atoms with E-state index in [1.54, 1.807) is 6.20 Å². The van der Waals surface area contributed by atoms with Crippen molar-refractivity contribution >= 4 is 11.6 Å². The van der Waals surface area contributed by atoms with E-state index < -0.39 is 0 Å². The summed E-state index contributed by atoms with van der Waals surface area (Å²) in [5, 5.41) is 9.09. The first kappa shape index (κ1) is 9.48. The lowest BCUT2D eigenvalue weighted by Crippen LogP contribution is -2.10. The Morgan fingerprint density at radius 1 is 1.64 bits per heavy atom. The van der Waals surface area contributed by atoms with Gasteiger partial charge in [0.1, 0.15) is 0 Å². The van der Waals surface area contributed by atoms with Crippen LogP contribution in [-0.4, -0.2) is 4.98 Å². The second kappa shape index (κ2) is 3.25. The van der Waals surface area contributed by atoms with Gasteiger partial charge in [0.25, 0.3) is 0 Å². The molecule has 1 fully saturated rings. The molecule has 1 aliphatic rings. The summed E-state index contributed by atoms with van der Waals surface area (Å²) in [4.78, 5) is 4.31. The predicted octanol–water partition coefficient (Wildman–Crippen LogP) is 2.68. The van der Waals surface area contributed by atoms with Crippen LogP contribution in [-0.2, 0) is 11.3 Å². The molecule has 0 unspecified atom stereocenters. The summed E-state index contributed by atoms with van der Waals surface area (Å²) in [6.07, 6.45) is 3.60. The number of nitriles is 1. The van der Waals surface area contributed by atoms with Crippen molar-refractivity contribution in [3.05, 3.63) is 29.1 Å². The first-order valence-electron chi connectivity index (χ1n) is 4.66. The van der Waals surface area contributed by atoms with Crippen LogP contribution in [0.5, 0.6) is 0 Å². The van der Waals surface area contributed by atoms with Gasteiger partial charge < -0.3 is 0 Å². The number of hydrogen-bond donors (Lipinski definition) is 0. The van der Waals surface area contributed by atoms with Gasteiger partial charge in [0, 0.05) is 12.1 Å². The molecular weight excluding hydrogens is 196 g/mol. The van der Waals surface area contributed by atoms with E-state index in [4.69, 9.17) is 16.9 Å². The van der Waals surface area contributed by atoms with Crippen LogP contribution in [0.15, 0.2) is 12.3 Å². The van der Waals surface area contributed by atoms with Crippen LogP contribution in [0.3, 0.4) is 0 Å². The summed E-state index contributed by atoms with van der Waals surface area (Å²) in [6.45, 7) is 2.01. The lowest BCUT2D eigenvalue weighted by molar-refractivity contribution is 0.833. The highest BCUT2D eigenvalue weighted by molar-refractivity contribution is 6.17. The number of aromatic nitrogens is 1. The zero-order valence-corrected chi connectivity index (χ0v) is 8.80. The molecule has 0 N–H and O–H groups in total. The Balaban J connectivity index is 2.54. The van der Waals surface area contributed by atoms with E-state index in [0.29, 0.717) is 5.88 Å². The van der Waals surface area contributed by atoms with Crippen molar-refractivity contribution in [3.8, 4) is 6.07 Å². The molecule has 0 saturated heterocycles. The monoisotopic (exact) mass is 206 g/mol. The quantitative estimate of drug-likeness (QED) is 0.698. The van der Waals surface area contributed by atoms with Gasteiger partial charge in [0.05, 0.1) is 17.2 Å². The summed E-state index contributed by atoms with van der Waals surface area (Å²) >= 11 is 5.88. The number of rotatable bonds is 2. The Kier molecular flexibility index (Phi) is 2.20. The van der Waals surface area contributed by atoms with Gasteiger partial charge >= 0.3 is 0 Å². The predicted molar refractivity (Wildman–Crippen MR) is 55.1 cm³/mol. The smallest absolute Gasteiger partial charge is 0.0997 e. The molecule has 0 amide bonds. The van der Waals surface area contributed by atoms with E-state index in [1.165, 1.54) is 0 Å². The molecule has 3 heteroatoms. The van der Waals surface area contributed by atoms with Crippen molar-refractivity contribution in [3.63, 3.8) is 0 Å². The molecule has 0 aliphatic heterocycles. The third-order valence-electron chi connectivity index (χ3n) is 2.84. The van der Waals surface area contributed by atoms with Gasteiger partial charge in [-0.1, -0.05) is 0 Å². The molecule has 2 nitrogen and oxygen atoms in total. The van der Waals surface area contributed by atoms with Crippen molar-refractivity contribution in [2.24, 2.45) is 0 Å². The van der Waals surface area contributed by atoms with Crippen molar-refractivity contribution in [2.75, 3.05) is 0 Å². The third kappa shape index (κ3) is 1.29. The average molecular weight is 207 g/mol. The molecule has 0 radical (unpaired) electrons. The summed E-state index contributed by atoms with van der Waals surface area (Å²) in [7, 11) is 0. The molecule has 0 aromatic carbocycles. The van der Waals surface area contributed by atoms with Crippen LogP contribution < -0.4 is 0 Å². The number of hydrogen-bond acceptors (Lipinski definition) is 2. The maximum atomic E-state index is 9.09. The maximum Gasteiger partial charge on any atom is 0.0997 e. The largest absolute Gasteiger partial charge is 0.259 e. The topological polar surface area (TPSA) is 36.7 Å². The van der Waals surface area contributed by atoms with Gasteiger partial charge in [-0.25, -0.2) is 0 Å². The van der Waals surface area contributed by atoms with E-state index in [0.717, 1.165) is 29.7 Å². The van der Waals surface area contributed by atoms with Gasteiger partial charge in [0.2, 0.25) is 0 Å². The van der Waals surface area contributed by atoms with Gasteiger partial charge in [-0.05, 0) is 37.0 Å². The Hall–Kier alpha value is -1.07. The Morgan fingerprint density at radius 3 is 2.86 bits per heavy atom. The van der Waals surface area contributed by atoms with Gasteiger partial charge in [-0.3, -0.25) is 4.98 Å². The van der Waals surface area contributed by atoms with E-state index in [2.05, 4.69) is 11.1 Å². The lowest BCUT2D eigenvalue weighted by Gasteiger charge is -2.11. The van der Waals surface area contributed by atoms with E-state index in [9.17, 15) is 0 Å². The molecule has 14 heavy (non-hydrogen) atoms. The molecule has 1 saturated carbocycles. The number of halogens is 1. The number of pyridine rings is 1. The second-order valence-electron chi connectivity index (χ2n) is 3.78. The maximum absolute atomic E-state index is 9.09. The van der Waals surface area contributed by atoms with Crippen molar-refractivity contribution in [1.82, 2.24) is 4.98 Å². The van der Waals surface area contributed by atoms with E-state index in [-0.39, 0.29) is 5.41 Å². The molecule has 1 aliphatic carbocycles. The minimum absolute atomic E-state index is 0.323. The van der Waals surface area contributed by atoms with Crippen LogP contribution in [0.25, 0.3) is 0 Å². The molecule has 72 valence electrons. The van der Waals surface area contributed by atoms with Gasteiger partial charge in [-0.2, -0.15) is 5.26 Å². The standard InChI is InChI=1S/C11H11ClN2/c1-8-2-5-14-10(9(8)6-12)11(7-13)3-4-11/h2,5H,3-4,6H2,1H3. The minimum Gasteiger partial charge on any atom is -0.259 e. The fourth-order valence-electron chi connectivity index (χ4n) is 1.70. The summed E-state index contributed by atoms with van der Waals surface area (Å²) in [5.74, 6) is 0.443. The highest BCUT2D eigenvalue weighted by Crippen LogP contribution is 2.48. The summed E-state index contributed by atoms with van der Waals surface area (Å²) < 4.78 is 0. The molecule has 1 aromatic heterocycles. The van der Waals surface area contributed by atoms with Gasteiger partial charge in [-0.15, -0.1) is 11.6 Å². The zero-order chi connectivity index (χ0) is 10.2. The number of aryl methyl sites for hydroxylation is 1. The fraction of sp³-hybridized carbons (Fsp3) is 0.455. The first-order valence-corrected chi connectivity index (χ1v) is 5.19. The van der Waals surface area contributed by atoms with Crippen molar-refractivity contribution in [2.45, 2.75) is 31.1 Å². The Morgan fingerprint density at radius 2 is 2.36 bits per heavy atom. The molecule has 1 heterocycles. The zero-order valence-electron chi connectivity index (χ0n) is 8.05. The molecule has 0 bridgehead atoms. The van der Waals surface area contributed by atoms with E-state index in [1.807, 2.05) is 13.0 Å². The molecular formula is C11H11ClN2. The van der Waals surface area contributed by atoms with E-state index >= 15 is 0 Å². The van der Waals surface area contributed by atoms with Crippen molar-refractivity contribution < 1.29 is 0 Å². The van der Waals surface area contributed by atoms with Crippen LogP contribution in [0.1, 0.15) is 29.7 Å². The van der Waals surface area contributed by atoms with Gasteiger partial charge in [0.15, 0.2) is 0 Å². The molecule has 0 spiro atoms. The first-order chi connectivity index (χ1) is 6.73. The summed E-state index contributed by atoms with van der Waals surface area (Å²) in [5.41, 5.74) is 2.74. The van der Waals surface area contributed by atoms with Crippen LogP contribution in [0.4, 0.5) is 0 Å². The molecule has 0 atom stereocenters. The number of nitrogens with zero attached hydrogens (tertiary/aromatic N) is 2. The average Bonchev–Trinajstić information content (AvgIpc) is 2.98. The Bertz CT molecular complexity index is 402. The summed E-state index contributed by atoms with van der Waals surface area (Å²) in [6, 6.07) is 4.29. The Labute approximate surface area is 88.5 Å². The SMILES string of the molecule is Cc1ccnc(C2(C#N)CC2)c1CCl. The van der Waals surface area contributed by atoms with Crippen LogP contribution in [0, 0.1) is 18.3 Å². The fourth-order valence-corrected chi connectivity index (χ4v) is 2.03. The third-order valence-corrected chi connectivity index (χ3v) is 3.11. The van der Waals surface area contributed by atoms with Crippen molar-refractivity contribution in [1.29, 1.82) is 5.26 Å². The second-order valence-corrected chi connectivity index (χ2v) is 4.05. The lowest BCUT2D eigenvalue weighted by atomic mass is 9.97. The van der Waals surface area contributed by atoms with Crippen LogP contribution >= 0.6 is 11.6 Å². The molecule has 1 aromatic rings. The highest BCUT2D eigenvalue weighted by atomic mass is 35.5. The highest BCUT2D eigenvalue weighted by Gasteiger charge is 2.47. The normalized spacial score (nSPS) is 17.5. The van der Waals surface area contributed by atoms with Crippen LogP contribution in [0.2, 0.25) is 0 Å². The number of alkyl halides is 1. The minimum atomic E-state index is -0.323. The molecule has 2 rings (SSSR count).